The maximum Gasteiger partial charge on any atom is 0.253 e. The summed E-state index contributed by atoms with van der Waals surface area (Å²) in [6.07, 6.45) is 2.02. The fourth-order valence-corrected chi connectivity index (χ4v) is 4.80. The van der Waals surface area contributed by atoms with Crippen LogP contribution in [-0.4, -0.2) is 57.8 Å². The van der Waals surface area contributed by atoms with Crippen LogP contribution in [0.2, 0.25) is 0 Å². The van der Waals surface area contributed by atoms with Gasteiger partial charge in [0, 0.05) is 44.2 Å². The molecule has 5 rings (SSSR count). The number of aryl methyl sites for hydroxylation is 4. The molecular weight excluding hydrogens is 466 g/mol. The first-order valence-corrected chi connectivity index (χ1v) is 12.6. The Hall–Kier alpha value is -3.85. The van der Waals surface area contributed by atoms with E-state index in [0.717, 1.165) is 65.1 Å². The summed E-state index contributed by atoms with van der Waals surface area (Å²) in [7, 11) is 1.53. The highest BCUT2D eigenvalue weighted by atomic mass is 16.2. The molecule has 4 aromatic rings. The third-order valence-corrected chi connectivity index (χ3v) is 6.75. The molecule has 9 heteroatoms. The van der Waals surface area contributed by atoms with E-state index in [1.165, 1.54) is 25.2 Å². The van der Waals surface area contributed by atoms with Crippen LogP contribution in [0, 0.1) is 20.8 Å². The molecule has 194 valence electrons. The minimum Gasteiger partial charge on any atom is -0.355 e. The maximum atomic E-state index is 11.7. The van der Waals surface area contributed by atoms with Crippen LogP contribution in [-0.2, 0) is 6.42 Å². The monoisotopic (exact) mass is 501 g/mol. The Kier molecular flexibility index (Phi) is 7.54. The van der Waals surface area contributed by atoms with Gasteiger partial charge in [-0.15, -0.1) is 0 Å². The van der Waals surface area contributed by atoms with Crippen molar-refractivity contribution in [1.29, 1.82) is 0 Å². The minimum absolute atomic E-state index is 0.211. The zero-order valence-corrected chi connectivity index (χ0v) is 22.4. The van der Waals surface area contributed by atoms with E-state index in [9.17, 15) is 9.59 Å². The molecule has 1 aromatic carbocycles. The molecular formula is C28H35N7O2. The SMILES string of the molecule is CCc1[nH]c2nc(C)nc(N3CCC(N)C3)c2c1C.CNC(=O)c1cc2ccc(C)cc2nc1C(C)=O. The third kappa shape index (κ3) is 5.32. The van der Waals surface area contributed by atoms with E-state index in [0.29, 0.717) is 5.56 Å². The van der Waals surface area contributed by atoms with E-state index < -0.39 is 0 Å². The number of fused-ring (bicyclic) bond motifs is 2. The molecule has 1 saturated heterocycles. The summed E-state index contributed by atoms with van der Waals surface area (Å²) in [5.74, 6) is 1.35. The van der Waals surface area contributed by atoms with Crippen LogP contribution in [0.5, 0.6) is 0 Å². The van der Waals surface area contributed by atoms with Crippen LogP contribution in [0.25, 0.3) is 21.9 Å². The maximum absolute atomic E-state index is 11.7. The van der Waals surface area contributed by atoms with Gasteiger partial charge in [-0.1, -0.05) is 19.1 Å². The quantitative estimate of drug-likeness (QED) is 0.363. The van der Waals surface area contributed by atoms with Crippen LogP contribution < -0.4 is 16.0 Å². The van der Waals surface area contributed by atoms with Gasteiger partial charge in [0.25, 0.3) is 5.91 Å². The summed E-state index contributed by atoms with van der Waals surface area (Å²) in [5.41, 5.74) is 11.8. The van der Waals surface area contributed by atoms with Crippen molar-refractivity contribution in [2.24, 2.45) is 5.73 Å². The molecule has 1 aliphatic heterocycles. The van der Waals surface area contributed by atoms with E-state index in [4.69, 9.17) is 5.73 Å². The molecule has 0 saturated carbocycles. The molecule has 1 amide bonds. The standard InChI is InChI=1S/C14H21N5.C14H14N2O2/c1-4-11-8(2)12-13(18-11)16-9(3)17-14(12)19-6-5-10(15)7-19;1-8-4-5-10-7-11(14(18)15-3)13(9(2)17)16-12(10)6-8/h10H,4-7,15H2,1-3H3,(H,16,17,18);4-7H,1-3H3,(H,15,18). The van der Waals surface area contributed by atoms with Crippen molar-refractivity contribution in [3.63, 3.8) is 0 Å². The Balaban J connectivity index is 0.000000173. The molecule has 0 radical (unpaired) electrons. The minimum atomic E-state index is -0.296. The van der Waals surface area contributed by atoms with Crippen LogP contribution in [0.3, 0.4) is 0 Å². The van der Waals surface area contributed by atoms with Crippen molar-refractivity contribution in [2.45, 2.75) is 53.5 Å². The molecule has 0 bridgehead atoms. The lowest BCUT2D eigenvalue weighted by atomic mass is 10.1. The van der Waals surface area contributed by atoms with Gasteiger partial charge in [0.05, 0.1) is 16.5 Å². The Labute approximate surface area is 216 Å². The number of nitrogens with zero attached hydrogens (tertiary/aromatic N) is 4. The number of aromatic amines is 1. The molecule has 1 atom stereocenters. The Morgan fingerprint density at radius 1 is 1.16 bits per heavy atom. The Bertz CT molecular complexity index is 1490. The number of anilines is 1. The van der Waals surface area contributed by atoms with E-state index in [-0.39, 0.29) is 23.4 Å². The number of hydrogen-bond donors (Lipinski definition) is 3. The predicted octanol–water partition coefficient (Wildman–Crippen LogP) is 3.78. The predicted molar refractivity (Wildman–Crippen MR) is 147 cm³/mol. The van der Waals surface area contributed by atoms with Gasteiger partial charge in [-0.05, 0) is 56.9 Å². The van der Waals surface area contributed by atoms with Gasteiger partial charge >= 0.3 is 0 Å². The highest BCUT2D eigenvalue weighted by Gasteiger charge is 2.24. The number of aromatic nitrogens is 4. The first-order valence-electron chi connectivity index (χ1n) is 12.6. The zero-order valence-electron chi connectivity index (χ0n) is 22.4. The number of benzene rings is 1. The molecule has 9 nitrogen and oxygen atoms in total. The van der Waals surface area contributed by atoms with Gasteiger partial charge in [-0.2, -0.15) is 0 Å². The number of carbonyl (C=O) groups excluding carboxylic acids is 2. The summed E-state index contributed by atoms with van der Waals surface area (Å²) in [4.78, 5) is 42.5. The molecule has 4 heterocycles. The number of H-pyrrole nitrogens is 1. The molecule has 0 aliphatic carbocycles. The van der Waals surface area contributed by atoms with Gasteiger partial charge in [0.1, 0.15) is 23.0 Å². The van der Waals surface area contributed by atoms with Gasteiger partial charge in [-0.25, -0.2) is 15.0 Å². The number of nitrogens with one attached hydrogen (secondary N) is 2. The van der Waals surface area contributed by atoms with Crippen LogP contribution >= 0.6 is 0 Å². The van der Waals surface area contributed by atoms with Crippen molar-refractivity contribution < 1.29 is 9.59 Å². The molecule has 37 heavy (non-hydrogen) atoms. The molecule has 1 fully saturated rings. The summed E-state index contributed by atoms with van der Waals surface area (Å²) in [6, 6.07) is 7.71. The molecule has 4 N–H and O–H groups in total. The second kappa shape index (κ2) is 10.6. The summed E-state index contributed by atoms with van der Waals surface area (Å²) in [5, 5.41) is 4.54. The third-order valence-electron chi connectivity index (χ3n) is 6.75. The summed E-state index contributed by atoms with van der Waals surface area (Å²) in [6.45, 7) is 11.5. The van der Waals surface area contributed by atoms with Crippen molar-refractivity contribution in [3.8, 4) is 0 Å². The first kappa shape index (κ1) is 26.2. The molecule has 3 aromatic heterocycles. The second-order valence-corrected chi connectivity index (χ2v) is 9.61. The van der Waals surface area contributed by atoms with Crippen molar-refractivity contribution >= 4 is 39.4 Å². The van der Waals surface area contributed by atoms with Crippen molar-refractivity contribution in [2.75, 3.05) is 25.0 Å². The molecule has 0 spiro atoms. The average molecular weight is 502 g/mol. The number of amides is 1. The number of Topliss-reactive ketones (excluding diaryl/α,β-unsaturated/α-hetero) is 1. The normalized spacial score (nSPS) is 15.1. The zero-order chi connectivity index (χ0) is 26.9. The van der Waals surface area contributed by atoms with Gasteiger partial charge < -0.3 is 20.9 Å². The lowest BCUT2D eigenvalue weighted by molar-refractivity contribution is 0.0944. The van der Waals surface area contributed by atoms with Gasteiger partial charge in [0.15, 0.2) is 5.78 Å². The lowest BCUT2D eigenvalue weighted by Crippen LogP contribution is -2.27. The van der Waals surface area contributed by atoms with E-state index in [1.807, 2.05) is 32.0 Å². The van der Waals surface area contributed by atoms with Gasteiger partial charge in [0.2, 0.25) is 0 Å². The second-order valence-electron chi connectivity index (χ2n) is 9.61. The number of pyridine rings is 1. The topological polar surface area (TPSA) is 130 Å². The number of rotatable bonds is 4. The highest BCUT2D eigenvalue weighted by Crippen LogP contribution is 2.31. The number of carbonyl (C=O) groups is 2. The Morgan fingerprint density at radius 2 is 1.92 bits per heavy atom. The highest BCUT2D eigenvalue weighted by molar-refractivity contribution is 6.08. The summed E-state index contributed by atoms with van der Waals surface area (Å²) >= 11 is 0. The molecule has 1 unspecified atom stereocenters. The Morgan fingerprint density at radius 3 is 2.54 bits per heavy atom. The molecule has 1 aliphatic rings. The number of ketones is 1. The lowest BCUT2D eigenvalue weighted by Gasteiger charge is -2.18. The van der Waals surface area contributed by atoms with E-state index in [2.05, 4.69) is 44.0 Å². The van der Waals surface area contributed by atoms with Crippen molar-refractivity contribution in [3.05, 3.63) is 58.2 Å². The smallest absolute Gasteiger partial charge is 0.253 e. The van der Waals surface area contributed by atoms with Crippen LogP contribution in [0.15, 0.2) is 24.3 Å². The van der Waals surface area contributed by atoms with Crippen LogP contribution in [0.1, 0.15) is 63.8 Å². The largest absolute Gasteiger partial charge is 0.355 e. The van der Waals surface area contributed by atoms with E-state index in [1.54, 1.807) is 6.07 Å². The first-order chi connectivity index (χ1) is 17.6. The van der Waals surface area contributed by atoms with Crippen LogP contribution in [0.4, 0.5) is 5.82 Å². The van der Waals surface area contributed by atoms with Gasteiger partial charge in [-0.3, -0.25) is 9.59 Å². The van der Waals surface area contributed by atoms with Crippen molar-refractivity contribution in [1.82, 2.24) is 25.3 Å². The summed E-state index contributed by atoms with van der Waals surface area (Å²) < 4.78 is 0. The fourth-order valence-electron chi connectivity index (χ4n) is 4.80. The average Bonchev–Trinajstić information content (AvgIpc) is 3.45. The fraction of sp³-hybridized carbons (Fsp3) is 0.393. The number of hydrogen-bond acceptors (Lipinski definition) is 7. The van der Waals surface area contributed by atoms with E-state index >= 15 is 0 Å². The number of nitrogens with two attached hydrogens (primary N) is 1.